The van der Waals surface area contributed by atoms with Crippen molar-refractivity contribution < 1.29 is 0 Å². The summed E-state index contributed by atoms with van der Waals surface area (Å²) in [4.78, 5) is 0. The molecule has 20 heavy (non-hydrogen) atoms. The SMILES string of the molecule is CCNC(CCC1CCCCC1)Cc1cccc(C)c1. The molecule has 0 radical (unpaired) electrons. The highest BCUT2D eigenvalue weighted by atomic mass is 14.9. The van der Waals surface area contributed by atoms with Crippen molar-refractivity contribution in [3.63, 3.8) is 0 Å². The number of hydrogen-bond donors (Lipinski definition) is 1. The Kier molecular flexibility index (Phi) is 6.59. The van der Waals surface area contributed by atoms with Gasteiger partial charge in [-0.05, 0) is 44.2 Å². The summed E-state index contributed by atoms with van der Waals surface area (Å²) >= 11 is 0. The lowest BCUT2D eigenvalue weighted by molar-refractivity contribution is 0.313. The molecule has 1 aromatic rings. The number of aryl methyl sites for hydroxylation is 1. The Labute approximate surface area is 125 Å². The first-order valence-electron chi connectivity index (χ1n) is 8.57. The second-order valence-electron chi connectivity index (χ2n) is 6.53. The Hall–Kier alpha value is -0.820. The maximum atomic E-state index is 3.69. The summed E-state index contributed by atoms with van der Waals surface area (Å²) in [5.41, 5.74) is 2.87. The van der Waals surface area contributed by atoms with Crippen molar-refractivity contribution in [2.24, 2.45) is 5.92 Å². The molecule has 1 unspecified atom stereocenters. The lowest BCUT2D eigenvalue weighted by Gasteiger charge is -2.25. The van der Waals surface area contributed by atoms with Crippen molar-refractivity contribution in [1.82, 2.24) is 5.32 Å². The molecule has 0 saturated heterocycles. The Morgan fingerprint density at radius 3 is 2.70 bits per heavy atom. The van der Waals surface area contributed by atoms with Crippen LogP contribution in [0.3, 0.4) is 0 Å². The summed E-state index contributed by atoms with van der Waals surface area (Å²) in [6.07, 6.45) is 11.3. The van der Waals surface area contributed by atoms with Gasteiger partial charge >= 0.3 is 0 Å². The van der Waals surface area contributed by atoms with Gasteiger partial charge < -0.3 is 5.32 Å². The van der Waals surface area contributed by atoms with Crippen molar-refractivity contribution in [2.75, 3.05) is 6.54 Å². The average Bonchev–Trinajstić information content (AvgIpc) is 2.46. The zero-order chi connectivity index (χ0) is 14.2. The van der Waals surface area contributed by atoms with Gasteiger partial charge in [-0.25, -0.2) is 0 Å². The lowest BCUT2D eigenvalue weighted by atomic mass is 9.84. The minimum atomic E-state index is 0.656. The van der Waals surface area contributed by atoms with Crippen LogP contribution in [0.15, 0.2) is 24.3 Å². The molecule has 1 aromatic carbocycles. The molecular weight excluding hydrogens is 242 g/mol. The third kappa shape index (κ3) is 5.28. The first-order valence-corrected chi connectivity index (χ1v) is 8.57. The molecule has 1 saturated carbocycles. The summed E-state index contributed by atoms with van der Waals surface area (Å²) in [6, 6.07) is 9.65. The van der Waals surface area contributed by atoms with Gasteiger partial charge in [-0.3, -0.25) is 0 Å². The highest BCUT2D eigenvalue weighted by molar-refractivity contribution is 5.23. The third-order valence-electron chi connectivity index (χ3n) is 4.71. The molecule has 0 bridgehead atoms. The van der Waals surface area contributed by atoms with E-state index in [2.05, 4.69) is 43.4 Å². The van der Waals surface area contributed by atoms with Crippen molar-refractivity contribution in [3.8, 4) is 0 Å². The van der Waals surface area contributed by atoms with Crippen LogP contribution in [0.25, 0.3) is 0 Å². The van der Waals surface area contributed by atoms with Crippen LogP contribution >= 0.6 is 0 Å². The minimum absolute atomic E-state index is 0.656. The largest absolute Gasteiger partial charge is 0.314 e. The van der Waals surface area contributed by atoms with Crippen LogP contribution in [0.2, 0.25) is 0 Å². The van der Waals surface area contributed by atoms with Gasteiger partial charge in [0.25, 0.3) is 0 Å². The molecule has 0 heterocycles. The normalized spacial score (nSPS) is 18.1. The zero-order valence-corrected chi connectivity index (χ0v) is 13.3. The number of benzene rings is 1. The van der Waals surface area contributed by atoms with E-state index in [0.29, 0.717) is 6.04 Å². The Bertz CT molecular complexity index is 379. The smallest absolute Gasteiger partial charge is 0.0107 e. The Morgan fingerprint density at radius 1 is 1.20 bits per heavy atom. The molecule has 0 amide bonds. The van der Waals surface area contributed by atoms with E-state index in [1.807, 2.05) is 0 Å². The lowest BCUT2D eigenvalue weighted by Crippen LogP contribution is -2.31. The van der Waals surface area contributed by atoms with Gasteiger partial charge in [-0.15, -0.1) is 0 Å². The van der Waals surface area contributed by atoms with Gasteiger partial charge in [0.1, 0.15) is 0 Å². The van der Waals surface area contributed by atoms with Gasteiger partial charge in [-0.1, -0.05) is 68.9 Å². The highest BCUT2D eigenvalue weighted by Gasteiger charge is 2.16. The van der Waals surface area contributed by atoms with Crippen LogP contribution in [0.5, 0.6) is 0 Å². The van der Waals surface area contributed by atoms with Crippen LogP contribution in [0.4, 0.5) is 0 Å². The molecule has 0 aromatic heterocycles. The fourth-order valence-electron chi connectivity index (χ4n) is 3.60. The van der Waals surface area contributed by atoms with E-state index >= 15 is 0 Å². The topological polar surface area (TPSA) is 12.0 Å². The van der Waals surface area contributed by atoms with Crippen molar-refractivity contribution in [2.45, 2.75) is 71.3 Å². The number of hydrogen-bond acceptors (Lipinski definition) is 1. The quantitative estimate of drug-likeness (QED) is 0.747. The monoisotopic (exact) mass is 273 g/mol. The van der Waals surface area contributed by atoms with Crippen molar-refractivity contribution in [3.05, 3.63) is 35.4 Å². The maximum absolute atomic E-state index is 3.69. The van der Waals surface area contributed by atoms with Crippen molar-refractivity contribution in [1.29, 1.82) is 0 Å². The van der Waals surface area contributed by atoms with E-state index in [4.69, 9.17) is 0 Å². The van der Waals surface area contributed by atoms with Gasteiger partial charge in [-0.2, -0.15) is 0 Å². The molecule has 1 heteroatoms. The highest BCUT2D eigenvalue weighted by Crippen LogP contribution is 2.28. The second kappa shape index (κ2) is 8.46. The van der Waals surface area contributed by atoms with E-state index < -0.39 is 0 Å². The third-order valence-corrected chi connectivity index (χ3v) is 4.71. The number of likely N-dealkylation sites (N-methyl/N-ethyl adjacent to an activating group) is 1. The van der Waals surface area contributed by atoms with Crippen LogP contribution in [-0.4, -0.2) is 12.6 Å². The standard InChI is InChI=1S/C19H31N/c1-3-20-19(13-12-17-9-5-4-6-10-17)15-18-11-7-8-16(2)14-18/h7-8,11,14,17,19-20H,3-6,9-10,12-13,15H2,1-2H3. The molecule has 1 aliphatic carbocycles. The molecule has 112 valence electrons. The van der Waals surface area contributed by atoms with E-state index in [-0.39, 0.29) is 0 Å². The molecule has 1 atom stereocenters. The molecule has 1 aliphatic rings. The summed E-state index contributed by atoms with van der Waals surface area (Å²) in [6.45, 7) is 5.50. The van der Waals surface area contributed by atoms with E-state index in [9.17, 15) is 0 Å². The van der Waals surface area contributed by atoms with Gasteiger partial charge in [0.15, 0.2) is 0 Å². The maximum Gasteiger partial charge on any atom is 0.0107 e. The first kappa shape index (κ1) is 15.6. The molecular formula is C19H31N. The molecule has 0 spiro atoms. The number of nitrogens with one attached hydrogen (secondary N) is 1. The predicted molar refractivity (Wildman–Crippen MR) is 88.2 cm³/mol. The predicted octanol–water partition coefficient (Wildman–Crippen LogP) is 4.88. The van der Waals surface area contributed by atoms with E-state index in [1.54, 1.807) is 0 Å². The van der Waals surface area contributed by atoms with E-state index in [1.165, 1.54) is 62.5 Å². The first-order chi connectivity index (χ1) is 9.78. The van der Waals surface area contributed by atoms with Crippen LogP contribution in [0.1, 0.15) is 63.0 Å². The molecule has 1 nitrogen and oxygen atoms in total. The minimum Gasteiger partial charge on any atom is -0.314 e. The second-order valence-corrected chi connectivity index (χ2v) is 6.53. The Balaban J connectivity index is 1.82. The van der Waals surface area contributed by atoms with E-state index in [0.717, 1.165) is 12.5 Å². The molecule has 1 N–H and O–H groups in total. The van der Waals surface area contributed by atoms with Crippen LogP contribution < -0.4 is 5.32 Å². The van der Waals surface area contributed by atoms with Gasteiger partial charge in [0, 0.05) is 6.04 Å². The molecule has 2 rings (SSSR count). The fourth-order valence-corrected chi connectivity index (χ4v) is 3.60. The fraction of sp³-hybridized carbons (Fsp3) is 0.684. The number of rotatable bonds is 7. The molecule has 1 fully saturated rings. The average molecular weight is 273 g/mol. The summed E-state index contributed by atoms with van der Waals surface area (Å²) < 4.78 is 0. The summed E-state index contributed by atoms with van der Waals surface area (Å²) in [5, 5.41) is 3.69. The van der Waals surface area contributed by atoms with Crippen molar-refractivity contribution >= 4 is 0 Å². The molecule has 0 aliphatic heterocycles. The van der Waals surface area contributed by atoms with Gasteiger partial charge in [0.2, 0.25) is 0 Å². The van der Waals surface area contributed by atoms with Crippen LogP contribution in [-0.2, 0) is 6.42 Å². The Morgan fingerprint density at radius 2 is 2.00 bits per heavy atom. The summed E-state index contributed by atoms with van der Waals surface area (Å²) in [5.74, 6) is 1.00. The van der Waals surface area contributed by atoms with Gasteiger partial charge in [0.05, 0.1) is 0 Å². The van der Waals surface area contributed by atoms with Crippen LogP contribution in [0, 0.1) is 12.8 Å². The summed E-state index contributed by atoms with van der Waals surface area (Å²) in [7, 11) is 0. The zero-order valence-electron chi connectivity index (χ0n) is 13.3.